The van der Waals surface area contributed by atoms with Crippen LogP contribution in [0.5, 0.6) is 11.5 Å². The van der Waals surface area contributed by atoms with Crippen molar-refractivity contribution in [1.82, 2.24) is 14.7 Å². The number of nitrogens with one attached hydrogen (secondary N) is 1. The fraction of sp³-hybridized carbons (Fsp3) is 0.250. The molecule has 1 aliphatic heterocycles. The molecule has 1 amide bonds. The Morgan fingerprint density at radius 1 is 1.32 bits per heavy atom. The number of amides is 1. The predicted molar refractivity (Wildman–Crippen MR) is 86.4 cm³/mol. The number of aromatic nitrogens is 2. The third kappa shape index (κ3) is 2.80. The zero-order valence-electron chi connectivity index (χ0n) is 13.3. The summed E-state index contributed by atoms with van der Waals surface area (Å²) in [4.78, 5) is 18.7. The molecule has 4 rings (SSSR count). The number of rotatable bonds is 3. The molecule has 0 spiro atoms. The molecule has 0 radical (unpaired) electrons. The zero-order valence-corrected chi connectivity index (χ0v) is 14.1. The van der Waals surface area contributed by atoms with Crippen LogP contribution in [0.2, 0.25) is 0 Å². The Labute approximate surface area is 145 Å². The van der Waals surface area contributed by atoms with E-state index in [4.69, 9.17) is 0 Å². The van der Waals surface area contributed by atoms with Crippen LogP contribution < -0.4 is 14.8 Å². The largest absolute Gasteiger partial charge is 0.586 e. The standard InChI is InChI=1S/C16H13F2N3O3S/c1-8-7-21-13(9(2)20-15(21)25-8)14(22)19-6-10-3-4-11-12(5-10)24-16(17,18)23-11/h3-5,7H,6H2,1-2H3,(H,19,22). The van der Waals surface area contributed by atoms with Crippen molar-refractivity contribution < 1.29 is 23.0 Å². The van der Waals surface area contributed by atoms with Crippen LogP contribution >= 0.6 is 11.3 Å². The number of carbonyl (C=O) groups is 1. The van der Waals surface area contributed by atoms with Gasteiger partial charge >= 0.3 is 6.29 Å². The molecule has 0 atom stereocenters. The van der Waals surface area contributed by atoms with Gasteiger partial charge in [0.2, 0.25) is 0 Å². The van der Waals surface area contributed by atoms with E-state index in [1.807, 2.05) is 13.1 Å². The van der Waals surface area contributed by atoms with Gasteiger partial charge in [0.1, 0.15) is 5.69 Å². The summed E-state index contributed by atoms with van der Waals surface area (Å²) in [6, 6.07) is 4.41. The molecule has 1 aliphatic rings. The summed E-state index contributed by atoms with van der Waals surface area (Å²) in [6.07, 6.45) is -1.79. The number of aryl methyl sites for hydroxylation is 2. The lowest BCUT2D eigenvalue weighted by atomic mass is 10.2. The van der Waals surface area contributed by atoms with Crippen molar-refractivity contribution in [2.75, 3.05) is 0 Å². The van der Waals surface area contributed by atoms with E-state index in [-0.39, 0.29) is 24.0 Å². The van der Waals surface area contributed by atoms with Gasteiger partial charge in [-0.2, -0.15) is 0 Å². The van der Waals surface area contributed by atoms with Gasteiger partial charge in [0.15, 0.2) is 16.5 Å². The number of imidazole rings is 1. The highest BCUT2D eigenvalue weighted by Crippen LogP contribution is 2.41. The topological polar surface area (TPSA) is 64.9 Å². The Kier molecular flexibility index (Phi) is 3.43. The predicted octanol–water partition coefficient (Wildman–Crippen LogP) is 3.26. The Morgan fingerprint density at radius 3 is 2.88 bits per heavy atom. The van der Waals surface area contributed by atoms with Crippen LogP contribution in [-0.4, -0.2) is 21.6 Å². The quantitative estimate of drug-likeness (QED) is 0.774. The molecule has 0 saturated carbocycles. The number of fused-ring (bicyclic) bond motifs is 2. The van der Waals surface area contributed by atoms with Gasteiger partial charge < -0.3 is 14.8 Å². The van der Waals surface area contributed by atoms with Crippen molar-refractivity contribution in [2.24, 2.45) is 0 Å². The number of carbonyl (C=O) groups excluding carboxylic acids is 1. The average molecular weight is 365 g/mol. The number of thiazole rings is 1. The van der Waals surface area contributed by atoms with E-state index in [0.717, 1.165) is 9.84 Å². The third-order valence-electron chi connectivity index (χ3n) is 3.75. The second kappa shape index (κ2) is 5.41. The minimum atomic E-state index is -3.65. The molecule has 1 aromatic carbocycles. The summed E-state index contributed by atoms with van der Waals surface area (Å²) in [5.74, 6) is -0.360. The number of hydrogen-bond donors (Lipinski definition) is 1. The molecule has 0 fully saturated rings. The van der Waals surface area contributed by atoms with Gasteiger partial charge in [-0.1, -0.05) is 6.07 Å². The maximum Gasteiger partial charge on any atom is 0.586 e. The molecule has 0 unspecified atom stereocenters. The highest BCUT2D eigenvalue weighted by Gasteiger charge is 2.43. The molecule has 2 aromatic heterocycles. The molecule has 130 valence electrons. The van der Waals surface area contributed by atoms with Crippen molar-refractivity contribution in [3.63, 3.8) is 0 Å². The first kappa shape index (κ1) is 15.8. The van der Waals surface area contributed by atoms with Crippen LogP contribution in [0.4, 0.5) is 8.78 Å². The summed E-state index contributed by atoms with van der Waals surface area (Å²) in [6.45, 7) is 3.88. The fourth-order valence-corrected chi connectivity index (χ4v) is 3.58. The van der Waals surface area contributed by atoms with Gasteiger partial charge in [0.25, 0.3) is 5.91 Å². The Hall–Kier alpha value is -2.68. The smallest absolute Gasteiger partial charge is 0.395 e. The average Bonchev–Trinajstić information content (AvgIpc) is 3.11. The van der Waals surface area contributed by atoms with Crippen LogP contribution in [0, 0.1) is 13.8 Å². The Bertz CT molecular complexity index is 996. The minimum absolute atomic E-state index is 0.0258. The normalized spacial score (nSPS) is 14.9. The third-order valence-corrected chi connectivity index (χ3v) is 4.65. The van der Waals surface area contributed by atoms with Gasteiger partial charge in [0.05, 0.1) is 5.69 Å². The highest BCUT2D eigenvalue weighted by molar-refractivity contribution is 7.17. The summed E-state index contributed by atoms with van der Waals surface area (Å²) in [7, 11) is 0. The van der Waals surface area contributed by atoms with Crippen LogP contribution in [0.15, 0.2) is 24.4 Å². The van der Waals surface area contributed by atoms with Crippen molar-refractivity contribution in [3.8, 4) is 11.5 Å². The first-order valence-electron chi connectivity index (χ1n) is 7.44. The van der Waals surface area contributed by atoms with E-state index < -0.39 is 6.29 Å². The molecule has 3 heterocycles. The molecule has 3 aromatic rings. The summed E-state index contributed by atoms with van der Waals surface area (Å²) < 4.78 is 36.6. The molecule has 0 bridgehead atoms. The van der Waals surface area contributed by atoms with Crippen molar-refractivity contribution >= 4 is 22.2 Å². The lowest BCUT2D eigenvalue weighted by Crippen LogP contribution is -2.26. The van der Waals surface area contributed by atoms with Crippen molar-refractivity contribution in [1.29, 1.82) is 0 Å². The monoisotopic (exact) mass is 365 g/mol. The lowest BCUT2D eigenvalue weighted by molar-refractivity contribution is -0.286. The van der Waals surface area contributed by atoms with Crippen LogP contribution in [0.25, 0.3) is 4.96 Å². The van der Waals surface area contributed by atoms with E-state index >= 15 is 0 Å². The van der Waals surface area contributed by atoms with E-state index in [9.17, 15) is 13.6 Å². The van der Waals surface area contributed by atoms with E-state index in [1.165, 1.54) is 23.5 Å². The van der Waals surface area contributed by atoms with E-state index in [1.54, 1.807) is 17.4 Å². The van der Waals surface area contributed by atoms with E-state index in [0.29, 0.717) is 17.0 Å². The van der Waals surface area contributed by atoms with Gasteiger partial charge in [0, 0.05) is 17.6 Å². The number of nitrogens with zero attached hydrogens (tertiary/aromatic N) is 2. The SMILES string of the molecule is Cc1cn2c(C(=O)NCc3ccc4c(c3)OC(F)(F)O4)c(C)nc2s1. The first-order chi connectivity index (χ1) is 11.8. The summed E-state index contributed by atoms with van der Waals surface area (Å²) in [5.41, 5.74) is 1.72. The fourth-order valence-electron chi connectivity index (χ4n) is 2.71. The number of benzene rings is 1. The highest BCUT2D eigenvalue weighted by atomic mass is 32.1. The number of halogens is 2. The Balaban J connectivity index is 1.52. The number of alkyl halides is 2. The molecule has 0 aliphatic carbocycles. The molecule has 0 saturated heterocycles. The van der Waals surface area contributed by atoms with E-state index in [2.05, 4.69) is 19.8 Å². The maximum absolute atomic E-state index is 13.0. The van der Waals surface area contributed by atoms with Gasteiger partial charge in [-0.05, 0) is 31.5 Å². The molecule has 1 N–H and O–H groups in total. The summed E-state index contributed by atoms with van der Waals surface area (Å²) in [5, 5.41) is 2.78. The second-order valence-corrected chi connectivity index (χ2v) is 6.88. The molecular weight excluding hydrogens is 352 g/mol. The van der Waals surface area contributed by atoms with Gasteiger partial charge in [-0.15, -0.1) is 20.1 Å². The van der Waals surface area contributed by atoms with Gasteiger partial charge in [-0.25, -0.2) is 4.98 Å². The van der Waals surface area contributed by atoms with Gasteiger partial charge in [-0.3, -0.25) is 9.20 Å². The molecule has 6 nitrogen and oxygen atoms in total. The number of ether oxygens (including phenoxy) is 2. The van der Waals surface area contributed by atoms with Crippen molar-refractivity contribution in [3.05, 3.63) is 46.2 Å². The van der Waals surface area contributed by atoms with Crippen LogP contribution in [-0.2, 0) is 6.54 Å². The zero-order chi connectivity index (χ0) is 17.8. The first-order valence-corrected chi connectivity index (χ1v) is 8.26. The summed E-state index contributed by atoms with van der Waals surface area (Å²) >= 11 is 1.50. The lowest BCUT2D eigenvalue weighted by Gasteiger charge is -2.06. The van der Waals surface area contributed by atoms with Crippen LogP contribution in [0.1, 0.15) is 26.6 Å². The van der Waals surface area contributed by atoms with Crippen LogP contribution in [0.3, 0.4) is 0 Å². The molecule has 9 heteroatoms. The molecular formula is C16H13F2N3O3S. The Morgan fingerprint density at radius 2 is 2.08 bits per heavy atom. The molecule has 25 heavy (non-hydrogen) atoms. The maximum atomic E-state index is 13.0. The minimum Gasteiger partial charge on any atom is -0.395 e. The number of hydrogen-bond acceptors (Lipinski definition) is 5. The second-order valence-electron chi connectivity index (χ2n) is 5.67. The van der Waals surface area contributed by atoms with Crippen molar-refractivity contribution in [2.45, 2.75) is 26.7 Å².